The summed E-state index contributed by atoms with van der Waals surface area (Å²) in [5, 5.41) is 11.1. The molecule has 1 aliphatic carbocycles. The molecule has 0 bridgehead atoms. The van der Waals surface area contributed by atoms with Gasteiger partial charge in [-0.15, -0.1) is 11.3 Å². The molecule has 0 unspecified atom stereocenters. The number of likely N-dealkylation sites (N-methyl/N-ethyl adjacent to an activating group) is 1. The van der Waals surface area contributed by atoms with Crippen LogP contribution in [0.25, 0.3) is 11.5 Å². The second-order valence-electron chi connectivity index (χ2n) is 15.3. The third kappa shape index (κ3) is 8.31. The maximum absolute atomic E-state index is 12.7. The van der Waals surface area contributed by atoms with Crippen LogP contribution >= 0.6 is 22.9 Å². The Morgan fingerprint density at radius 1 is 1.16 bits per heavy atom. The van der Waals surface area contributed by atoms with Crippen molar-refractivity contribution in [1.82, 2.24) is 29.0 Å². The number of carbonyl (C=O) groups excluding carboxylic acids is 1. The number of hydrogen-bond acceptors (Lipinski definition) is 12. The maximum Gasteiger partial charge on any atom is 0.410 e. The zero-order valence-electron chi connectivity index (χ0n) is 31.1. The summed E-state index contributed by atoms with van der Waals surface area (Å²) in [4.78, 5) is 35.3. The number of aryl methyl sites for hydroxylation is 1. The number of rotatable bonds is 9. The SMILES string of the molecule is C[C@H](Oc1cc(OC2CCN(C(=O)OC(C)(C)C)CC2)nc(-c2cc([C@@]3(C)CCCc4sc(N=CN(C)C)c(C#N)c43)sn2)n1)[C@@H]1CCCN1C. The van der Waals surface area contributed by atoms with Gasteiger partial charge in [-0.3, -0.25) is 4.90 Å². The lowest BCUT2D eigenvalue weighted by molar-refractivity contribution is 0.0123. The van der Waals surface area contributed by atoms with Crippen LogP contribution in [0.4, 0.5) is 9.80 Å². The third-order valence-corrected chi connectivity index (χ3v) is 12.1. The van der Waals surface area contributed by atoms with E-state index in [1.807, 2.05) is 39.8 Å². The lowest BCUT2D eigenvalue weighted by Gasteiger charge is -2.33. The Labute approximate surface area is 309 Å². The zero-order chi connectivity index (χ0) is 36.5. The highest BCUT2D eigenvalue weighted by atomic mass is 32.1. The van der Waals surface area contributed by atoms with Gasteiger partial charge in [-0.1, -0.05) is 6.92 Å². The monoisotopic (exact) mass is 734 g/mol. The molecule has 3 aromatic heterocycles. The molecule has 0 N–H and O–H groups in total. The minimum atomic E-state index is -0.542. The molecule has 274 valence electrons. The maximum atomic E-state index is 12.7. The number of thiophene rings is 1. The molecule has 2 fully saturated rings. The standard InChI is InChI=1S/C37H50N8O4S2/c1-23(27-11-10-16-44(27)8)47-30-20-31(48-24-13-17-45(18-14-24)35(46)49-36(2,3)4)41-33(40-30)26-19-29(51-42-26)37(5)15-9-12-28-32(37)25(21-38)34(50-28)39-22-43(6)7/h19-20,22-24,27H,9-18H2,1-8H3/t23-,27-,37+/m0/s1. The van der Waals surface area contributed by atoms with Crippen molar-refractivity contribution < 1.29 is 19.0 Å². The molecule has 3 atom stereocenters. The molecule has 6 rings (SSSR count). The molecule has 3 aliphatic rings. The minimum absolute atomic E-state index is 0.0805. The molecule has 51 heavy (non-hydrogen) atoms. The van der Waals surface area contributed by atoms with Gasteiger partial charge >= 0.3 is 6.09 Å². The van der Waals surface area contributed by atoms with Gasteiger partial charge in [-0.05, 0) is 96.6 Å². The van der Waals surface area contributed by atoms with E-state index in [0.717, 1.165) is 54.1 Å². The highest BCUT2D eigenvalue weighted by Gasteiger charge is 2.41. The summed E-state index contributed by atoms with van der Waals surface area (Å²) in [6.45, 7) is 12.1. The summed E-state index contributed by atoms with van der Waals surface area (Å²) in [6.07, 6.45) is 7.61. The van der Waals surface area contributed by atoms with Crippen molar-refractivity contribution in [1.29, 1.82) is 5.26 Å². The van der Waals surface area contributed by atoms with Crippen molar-refractivity contribution in [2.75, 3.05) is 40.8 Å². The van der Waals surface area contributed by atoms with Gasteiger partial charge in [-0.25, -0.2) is 9.79 Å². The van der Waals surface area contributed by atoms with Crippen molar-refractivity contribution in [2.45, 2.75) is 109 Å². The van der Waals surface area contributed by atoms with Crippen molar-refractivity contribution >= 4 is 40.3 Å². The highest BCUT2D eigenvalue weighted by molar-refractivity contribution is 7.16. The molecule has 12 nitrogen and oxygen atoms in total. The number of likely N-dealkylation sites (tertiary alicyclic amines) is 2. The first-order valence-electron chi connectivity index (χ1n) is 17.9. The van der Waals surface area contributed by atoms with Crippen LogP contribution < -0.4 is 9.47 Å². The first-order chi connectivity index (χ1) is 24.2. The molecule has 0 aromatic carbocycles. The summed E-state index contributed by atoms with van der Waals surface area (Å²) >= 11 is 3.05. The number of nitrogens with zero attached hydrogens (tertiary/aromatic N) is 8. The molecule has 0 spiro atoms. The summed E-state index contributed by atoms with van der Waals surface area (Å²) in [5.41, 5.74) is 1.42. The number of carbonyl (C=O) groups is 1. The lowest BCUT2D eigenvalue weighted by Crippen LogP contribution is -2.44. The predicted molar refractivity (Wildman–Crippen MR) is 201 cm³/mol. The predicted octanol–water partition coefficient (Wildman–Crippen LogP) is 7.04. The average Bonchev–Trinajstić information content (AvgIpc) is 3.82. The molecule has 2 saturated heterocycles. The van der Waals surface area contributed by atoms with Gasteiger partial charge in [0.25, 0.3) is 0 Å². The summed E-state index contributed by atoms with van der Waals surface area (Å²) in [7, 11) is 5.99. The van der Waals surface area contributed by atoms with Crippen LogP contribution in [0.15, 0.2) is 17.1 Å². The number of nitriles is 1. The van der Waals surface area contributed by atoms with Crippen molar-refractivity contribution in [3.63, 3.8) is 0 Å². The van der Waals surface area contributed by atoms with E-state index >= 15 is 0 Å². The van der Waals surface area contributed by atoms with E-state index in [2.05, 4.69) is 42.9 Å². The Hall–Kier alpha value is -3.80. The van der Waals surface area contributed by atoms with E-state index in [9.17, 15) is 10.1 Å². The number of aliphatic imine (C=N–C) groups is 1. The highest BCUT2D eigenvalue weighted by Crippen LogP contribution is 2.51. The Morgan fingerprint density at radius 2 is 1.90 bits per heavy atom. The Kier molecular flexibility index (Phi) is 10.9. The molecule has 2 aliphatic heterocycles. The molecular formula is C37H50N8O4S2. The number of hydrogen-bond donors (Lipinski definition) is 0. The van der Waals surface area contributed by atoms with Crippen LogP contribution in [-0.4, -0.2) is 106 Å². The van der Waals surface area contributed by atoms with Gasteiger partial charge in [0.15, 0.2) is 5.82 Å². The van der Waals surface area contributed by atoms with E-state index in [4.69, 9.17) is 28.6 Å². The van der Waals surface area contributed by atoms with Crippen LogP contribution in [0.5, 0.6) is 11.8 Å². The third-order valence-electron chi connectivity index (χ3n) is 9.88. The average molecular weight is 735 g/mol. The lowest BCUT2D eigenvalue weighted by atomic mass is 9.71. The van der Waals surface area contributed by atoms with Crippen LogP contribution in [0.3, 0.4) is 0 Å². The van der Waals surface area contributed by atoms with Crippen LogP contribution in [0, 0.1) is 11.3 Å². The van der Waals surface area contributed by atoms with Crippen molar-refractivity contribution in [3.8, 4) is 29.3 Å². The zero-order valence-corrected chi connectivity index (χ0v) is 32.7. The van der Waals surface area contributed by atoms with Gasteiger partial charge in [0.1, 0.15) is 34.6 Å². The van der Waals surface area contributed by atoms with Crippen LogP contribution in [0.1, 0.15) is 94.0 Å². The van der Waals surface area contributed by atoms with Crippen LogP contribution in [0.2, 0.25) is 0 Å². The van der Waals surface area contributed by atoms with Gasteiger partial charge in [0.05, 0.1) is 18.0 Å². The van der Waals surface area contributed by atoms with Crippen molar-refractivity contribution in [2.24, 2.45) is 4.99 Å². The van der Waals surface area contributed by atoms with Crippen molar-refractivity contribution in [3.05, 3.63) is 33.0 Å². The first-order valence-corrected chi connectivity index (χ1v) is 19.5. The van der Waals surface area contributed by atoms with Gasteiger partial charge in [0.2, 0.25) is 11.8 Å². The quantitative estimate of drug-likeness (QED) is 0.167. The van der Waals surface area contributed by atoms with E-state index in [0.29, 0.717) is 60.8 Å². The summed E-state index contributed by atoms with van der Waals surface area (Å²) < 4.78 is 23.4. The van der Waals surface area contributed by atoms with Gasteiger partial charge in [0, 0.05) is 61.2 Å². The number of ether oxygens (including phenoxy) is 3. The first kappa shape index (κ1) is 37.0. The molecular weight excluding hydrogens is 685 g/mol. The fraction of sp³-hybridized carbons (Fsp3) is 0.622. The number of piperidine rings is 1. The van der Waals surface area contributed by atoms with Crippen LogP contribution in [-0.2, 0) is 16.6 Å². The fourth-order valence-corrected chi connectivity index (χ4v) is 9.45. The van der Waals surface area contributed by atoms with Gasteiger partial charge in [-0.2, -0.15) is 19.6 Å². The smallest absolute Gasteiger partial charge is 0.410 e. The normalized spacial score (nSPS) is 22.1. The largest absolute Gasteiger partial charge is 0.474 e. The molecule has 3 aromatic rings. The van der Waals surface area contributed by atoms with E-state index < -0.39 is 11.0 Å². The fourth-order valence-electron chi connectivity index (χ4n) is 7.29. The minimum Gasteiger partial charge on any atom is -0.474 e. The van der Waals surface area contributed by atoms with E-state index in [1.165, 1.54) is 16.4 Å². The van der Waals surface area contributed by atoms with E-state index in [1.54, 1.807) is 28.6 Å². The Bertz CT molecular complexity index is 1780. The topological polar surface area (TPSA) is 129 Å². The van der Waals surface area contributed by atoms with Gasteiger partial charge < -0.3 is 24.0 Å². The summed E-state index contributed by atoms with van der Waals surface area (Å²) in [6, 6.07) is 6.62. The molecule has 5 heterocycles. The number of aromatic nitrogens is 3. The number of amides is 1. The molecule has 0 saturated carbocycles. The second kappa shape index (κ2) is 15.0. The van der Waals surface area contributed by atoms with E-state index in [-0.39, 0.29) is 18.3 Å². The number of fused-ring (bicyclic) bond motifs is 1. The molecule has 1 amide bonds. The summed E-state index contributed by atoms with van der Waals surface area (Å²) in [5.74, 6) is 1.30. The second-order valence-corrected chi connectivity index (χ2v) is 17.2. The Morgan fingerprint density at radius 3 is 2.57 bits per heavy atom. The Balaban J connectivity index is 1.28. The molecule has 14 heteroatoms. The molecule has 0 radical (unpaired) electrons.